The van der Waals surface area contributed by atoms with E-state index in [1.807, 2.05) is 6.08 Å². The number of allylic oxidation sites excluding steroid dienone is 2. The summed E-state index contributed by atoms with van der Waals surface area (Å²) in [5, 5.41) is 0. The van der Waals surface area contributed by atoms with Crippen LogP contribution in [0.25, 0.3) is 0 Å². The lowest BCUT2D eigenvalue weighted by molar-refractivity contribution is 0.157. The van der Waals surface area contributed by atoms with Gasteiger partial charge in [0.25, 0.3) is 0 Å². The fraction of sp³-hybridized carbons (Fsp3) is 0.692. The Morgan fingerprint density at radius 3 is 2.64 bits per heavy atom. The van der Waals surface area contributed by atoms with Crippen molar-refractivity contribution in [1.29, 1.82) is 0 Å². The Kier molecular flexibility index (Phi) is 11.9. The molecule has 0 atom stereocenters. The highest BCUT2D eigenvalue weighted by atomic mass is 16.5. The molecule has 0 radical (unpaired) electrons. The molecule has 0 saturated heterocycles. The molecule has 0 saturated carbocycles. The van der Waals surface area contributed by atoms with E-state index in [1.54, 1.807) is 0 Å². The second kappa shape index (κ2) is 12.4. The molecule has 0 aliphatic heterocycles. The summed E-state index contributed by atoms with van der Waals surface area (Å²) in [6.07, 6.45) is 13.5. The molecular formula is C13H24O. The molecule has 0 aliphatic carbocycles. The van der Waals surface area contributed by atoms with Gasteiger partial charge in [-0.05, 0) is 25.7 Å². The summed E-state index contributed by atoms with van der Waals surface area (Å²) in [6.45, 7) is 7.58. The smallest absolute Gasteiger partial charge is 0.0647 e. The lowest BCUT2D eigenvalue weighted by Crippen LogP contribution is -1.93. The molecule has 0 amide bonds. The van der Waals surface area contributed by atoms with Crippen molar-refractivity contribution in [2.75, 3.05) is 13.2 Å². The van der Waals surface area contributed by atoms with E-state index in [0.717, 1.165) is 26.1 Å². The van der Waals surface area contributed by atoms with Gasteiger partial charge in [0.2, 0.25) is 0 Å². The summed E-state index contributed by atoms with van der Waals surface area (Å²) in [7, 11) is 0. The van der Waals surface area contributed by atoms with Gasteiger partial charge in [0, 0.05) is 6.61 Å². The first-order chi connectivity index (χ1) is 6.91. The van der Waals surface area contributed by atoms with Gasteiger partial charge >= 0.3 is 0 Å². The highest BCUT2D eigenvalue weighted by molar-refractivity contribution is 4.82. The quantitative estimate of drug-likeness (QED) is 0.377. The van der Waals surface area contributed by atoms with Crippen LogP contribution in [0.1, 0.15) is 45.4 Å². The van der Waals surface area contributed by atoms with Crippen molar-refractivity contribution in [2.45, 2.75) is 45.4 Å². The largest absolute Gasteiger partial charge is 0.377 e. The van der Waals surface area contributed by atoms with Crippen molar-refractivity contribution >= 4 is 0 Å². The van der Waals surface area contributed by atoms with Crippen molar-refractivity contribution < 1.29 is 4.74 Å². The van der Waals surface area contributed by atoms with Crippen molar-refractivity contribution in [1.82, 2.24) is 0 Å². The second-order valence-corrected chi connectivity index (χ2v) is 3.47. The minimum absolute atomic E-state index is 0.776. The predicted octanol–water partition coefficient (Wildman–Crippen LogP) is 4.11. The predicted molar refractivity (Wildman–Crippen MR) is 63.5 cm³/mol. The third kappa shape index (κ3) is 11.4. The zero-order chi connectivity index (χ0) is 10.5. The second-order valence-electron chi connectivity index (χ2n) is 3.47. The van der Waals surface area contributed by atoms with Crippen LogP contribution in [0.3, 0.4) is 0 Å². The highest BCUT2D eigenvalue weighted by Gasteiger charge is 1.85. The molecule has 0 aromatic heterocycles. The SMILES string of the molecule is C=CCCC/C=C/COCCCCC. The van der Waals surface area contributed by atoms with Crippen LogP contribution in [-0.4, -0.2) is 13.2 Å². The molecule has 0 aliphatic rings. The van der Waals surface area contributed by atoms with E-state index in [9.17, 15) is 0 Å². The maximum atomic E-state index is 5.44. The molecule has 0 bridgehead atoms. The summed E-state index contributed by atoms with van der Waals surface area (Å²) in [5.41, 5.74) is 0. The van der Waals surface area contributed by atoms with E-state index in [0.29, 0.717) is 0 Å². The first-order valence-corrected chi connectivity index (χ1v) is 5.75. The van der Waals surface area contributed by atoms with Crippen molar-refractivity contribution in [3.05, 3.63) is 24.8 Å². The van der Waals surface area contributed by atoms with Crippen LogP contribution in [0, 0.1) is 0 Å². The van der Waals surface area contributed by atoms with Crippen LogP contribution in [0.4, 0.5) is 0 Å². The molecule has 0 rings (SSSR count). The van der Waals surface area contributed by atoms with Crippen LogP contribution >= 0.6 is 0 Å². The molecule has 1 heteroatoms. The normalized spacial score (nSPS) is 10.9. The maximum Gasteiger partial charge on any atom is 0.0647 e. The number of hydrogen-bond acceptors (Lipinski definition) is 1. The molecule has 0 unspecified atom stereocenters. The van der Waals surface area contributed by atoms with E-state index >= 15 is 0 Å². The van der Waals surface area contributed by atoms with Gasteiger partial charge in [-0.3, -0.25) is 0 Å². The van der Waals surface area contributed by atoms with E-state index in [1.165, 1.54) is 25.7 Å². The lowest BCUT2D eigenvalue weighted by Gasteiger charge is -1.98. The topological polar surface area (TPSA) is 9.23 Å². The minimum Gasteiger partial charge on any atom is -0.377 e. The van der Waals surface area contributed by atoms with Crippen molar-refractivity contribution in [2.24, 2.45) is 0 Å². The van der Waals surface area contributed by atoms with Crippen LogP contribution in [0.5, 0.6) is 0 Å². The maximum absolute atomic E-state index is 5.44. The Bertz CT molecular complexity index is 138. The third-order valence-electron chi connectivity index (χ3n) is 2.05. The number of unbranched alkanes of at least 4 members (excludes halogenated alkanes) is 4. The summed E-state index contributed by atoms with van der Waals surface area (Å²) in [5.74, 6) is 0. The highest BCUT2D eigenvalue weighted by Crippen LogP contribution is 1.97. The minimum atomic E-state index is 0.776. The Morgan fingerprint density at radius 2 is 1.93 bits per heavy atom. The fourth-order valence-electron chi connectivity index (χ4n) is 1.17. The monoisotopic (exact) mass is 196 g/mol. The average molecular weight is 196 g/mol. The van der Waals surface area contributed by atoms with Crippen LogP contribution in [0.15, 0.2) is 24.8 Å². The zero-order valence-electron chi connectivity index (χ0n) is 9.50. The summed E-state index contributed by atoms with van der Waals surface area (Å²) in [4.78, 5) is 0. The van der Waals surface area contributed by atoms with Gasteiger partial charge in [-0.1, -0.05) is 38.0 Å². The number of ether oxygens (including phenoxy) is 1. The van der Waals surface area contributed by atoms with Gasteiger partial charge in [0.05, 0.1) is 6.61 Å². The lowest BCUT2D eigenvalue weighted by atomic mass is 10.2. The first-order valence-electron chi connectivity index (χ1n) is 5.75. The molecule has 0 spiro atoms. The van der Waals surface area contributed by atoms with Crippen LogP contribution in [-0.2, 0) is 4.74 Å². The van der Waals surface area contributed by atoms with Gasteiger partial charge in [-0.2, -0.15) is 0 Å². The Hall–Kier alpha value is -0.560. The molecule has 0 heterocycles. The van der Waals surface area contributed by atoms with Gasteiger partial charge in [-0.25, -0.2) is 0 Å². The summed E-state index contributed by atoms with van der Waals surface area (Å²) in [6, 6.07) is 0. The van der Waals surface area contributed by atoms with Crippen LogP contribution < -0.4 is 0 Å². The standard InChI is InChI=1S/C13H24O/c1-3-5-7-8-9-11-13-14-12-10-6-4-2/h3,9,11H,1,4-8,10,12-13H2,2H3/b11-9+. The van der Waals surface area contributed by atoms with Gasteiger partial charge in [0.15, 0.2) is 0 Å². The number of hydrogen-bond donors (Lipinski definition) is 0. The van der Waals surface area contributed by atoms with E-state index < -0.39 is 0 Å². The Balaban J connectivity index is 2.99. The molecule has 1 nitrogen and oxygen atoms in total. The van der Waals surface area contributed by atoms with Crippen molar-refractivity contribution in [3.63, 3.8) is 0 Å². The summed E-state index contributed by atoms with van der Waals surface area (Å²) < 4.78 is 5.44. The van der Waals surface area contributed by atoms with Gasteiger partial charge < -0.3 is 4.74 Å². The fourth-order valence-corrected chi connectivity index (χ4v) is 1.17. The molecular weight excluding hydrogens is 172 g/mol. The molecule has 0 aromatic carbocycles. The Labute approximate surface area is 88.9 Å². The summed E-state index contributed by atoms with van der Waals surface area (Å²) >= 11 is 0. The first kappa shape index (κ1) is 13.4. The number of rotatable bonds is 10. The molecule has 0 aromatic rings. The van der Waals surface area contributed by atoms with Gasteiger partial charge in [-0.15, -0.1) is 6.58 Å². The van der Waals surface area contributed by atoms with Gasteiger partial charge in [0.1, 0.15) is 0 Å². The molecule has 0 fully saturated rings. The third-order valence-corrected chi connectivity index (χ3v) is 2.05. The van der Waals surface area contributed by atoms with E-state index in [-0.39, 0.29) is 0 Å². The average Bonchev–Trinajstić information content (AvgIpc) is 2.21. The molecule has 0 N–H and O–H groups in total. The van der Waals surface area contributed by atoms with E-state index in [2.05, 4.69) is 25.7 Å². The van der Waals surface area contributed by atoms with Crippen molar-refractivity contribution in [3.8, 4) is 0 Å². The molecule has 14 heavy (non-hydrogen) atoms. The van der Waals surface area contributed by atoms with Crippen LogP contribution in [0.2, 0.25) is 0 Å². The zero-order valence-corrected chi connectivity index (χ0v) is 9.50. The Morgan fingerprint density at radius 1 is 1.07 bits per heavy atom. The molecule has 82 valence electrons. The van der Waals surface area contributed by atoms with E-state index in [4.69, 9.17) is 4.74 Å².